The molecule has 88 valence electrons. The van der Waals surface area contributed by atoms with Crippen LogP contribution < -0.4 is 4.90 Å². The average Bonchev–Trinajstić information content (AvgIpc) is 2.82. The number of hydrogen-bond donors (Lipinski definition) is 0. The first-order valence-corrected chi connectivity index (χ1v) is 6.84. The van der Waals surface area contributed by atoms with E-state index >= 15 is 0 Å². The van der Waals surface area contributed by atoms with Gasteiger partial charge in [-0.15, -0.1) is 0 Å². The fraction of sp³-hybridized carbons (Fsp3) is 0.0667. The van der Waals surface area contributed by atoms with Gasteiger partial charge in [-0.3, -0.25) is 0 Å². The van der Waals surface area contributed by atoms with E-state index in [1.54, 1.807) is 0 Å². The Balaban J connectivity index is 2.11. The molecule has 2 aromatic carbocycles. The fourth-order valence-electron chi connectivity index (χ4n) is 2.66. The van der Waals surface area contributed by atoms with E-state index < -0.39 is 0 Å². The quantitative estimate of drug-likeness (QED) is 0.683. The number of anilines is 1. The minimum Gasteiger partial charge on any atom is -0.327 e. The molecule has 0 amide bonds. The molecule has 2 aromatic rings. The summed E-state index contributed by atoms with van der Waals surface area (Å²) >= 11 is 1.27. The van der Waals surface area contributed by atoms with Gasteiger partial charge in [0, 0.05) is 16.8 Å². The number of fused-ring (bicyclic) bond motifs is 6. The topological polar surface area (TPSA) is 3.24 Å². The lowest BCUT2D eigenvalue weighted by molar-refractivity contribution is 0.703. The molecule has 0 unspecified atom stereocenters. The van der Waals surface area contributed by atoms with Crippen LogP contribution in [0, 0.1) is 0 Å². The first kappa shape index (κ1) is 10.2. The van der Waals surface area contributed by atoms with Crippen molar-refractivity contribution in [1.29, 1.82) is 0 Å². The monoisotopic (exact) mass is 255 g/mol. The van der Waals surface area contributed by atoms with E-state index in [4.69, 9.17) is 0 Å². The van der Waals surface area contributed by atoms with Crippen molar-refractivity contribution in [3.63, 3.8) is 0 Å². The molecule has 3 heteroatoms. The summed E-state index contributed by atoms with van der Waals surface area (Å²) < 4.78 is 14.0. The molecule has 0 aromatic heterocycles. The second-order valence-electron chi connectivity index (χ2n) is 4.39. The van der Waals surface area contributed by atoms with Gasteiger partial charge in [-0.25, -0.2) is 0 Å². The lowest BCUT2D eigenvalue weighted by Gasteiger charge is -2.30. The number of hydrogen-bond acceptors (Lipinski definition) is 2. The second kappa shape index (κ2) is 3.62. The zero-order valence-electron chi connectivity index (χ0n) is 9.56. The van der Waals surface area contributed by atoms with Crippen molar-refractivity contribution in [2.75, 3.05) is 10.8 Å². The maximum absolute atomic E-state index is 14.0. The van der Waals surface area contributed by atoms with Crippen molar-refractivity contribution < 1.29 is 4.39 Å². The van der Waals surface area contributed by atoms with Gasteiger partial charge in [-0.1, -0.05) is 54.2 Å². The van der Waals surface area contributed by atoms with Gasteiger partial charge in [-0.2, -0.15) is 4.39 Å². The highest BCUT2D eigenvalue weighted by atomic mass is 32.2. The summed E-state index contributed by atoms with van der Waals surface area (Å²) in [4.78, 5) is 2.07. The number of halogens is 1. The van der Waals surface area contributed by atoms with Crippen molar-refractivity contribution in [3.05, 3.63) is 59.3 Å². The van der Waals surface area contributed by atoms with Crippen LogP contribution in [-0.2, 0) is 0 Å². The summed E-state index contributed by atoms with van der Waals surface area (Å²) in [6.07, 6.45) is 0. The molecule has 0 saturated carbocycles. The van der Waals surface area contributed by atoms with Crippen LogP contribution in [0.3, 0.4) is 0 Å². The molecule has 18 heavy (non-hydrogen) atoms. The summed E-state index contributed by atoms with van der Waals surface area (Å²) in [5.41, 5.74) is 5.14. The lowest BCUT2D eigenvalue weighted by Crippen LogP contribution is -2.21. The highest BCUT2D eigenvalue weighted by molar-refractivity contribution is 8.03. The summed E-state index contributed by atoms with van der Waals surface area (Å²) in [6.45, 7) is 0. The zero-order valence-corrected chi connectivity index (χ0v) is 10.4. The molecule has 2 aliphatic heterocycles. The highest BCUT2D eigenvalue weighted by Crippen LogP contribution is 2.50. The van der Waals surface area contributed by atoms with E-state index in [0.717, 1.165) is 22.5 Å². The third-order valence-corrected chi connectivity index (χ3v) is 4.28. The van der Waals surface area contributed by atoms with Gasteiger partial charge in [0.1, 0.15) is 0 Å². The van der Waals surface area contributed by atoms with Crippen LogP contribution in [-0.4, -0.2) is 5.88 Å². The summed E-state index contributed by atoms with van der Waals surface area (Å²) in [7, 11) is 0. The Bertz CT molecular complexity index is 678. The lowest BCUT2D eigenvalue weighted by atomic mass is 9.92. The van der Waals surface area contributed by atoms with E-state index in [9.17, 15) is 4.39 Å². The van der Waals surface area contributed by atoms with Crippen molar-refractivity contribution in [3.8, 4) is 11.1 Å². The normalized spacial score (nSPS) is 16.4. The number of benzene rings is 2. The molecular weight excluding hydrogens is 245 g/mol. The predicted octanol–water partition coefficient (Wildman–Crippen LogP) is 4.47. The SMILES string of the molecule is FC1=C2c3ccccc3-c3ccccc3N2CS1. The Kier molecular flexibility index (Phi) is 2.06. The Hall–Kier alpha value is -1.74. The molecule has 0 N–H and O–H groups in total. The molecule has 2 aliphatic rings. The Morgan fingerprint density at radius 2 is 1.56 bits per heavy atom. The second-order valence-corrected chi connectivity index (χ2v) is 5.29. The van der Waals surface area contributed by atoms with Crippen LogP contribution in [0.15, 0.2) is 53.7 Å². The van der Waals surface area contributed by atoms with Crippen molar-refractivity contribution in [2.45, 2.75) is 0 Å². The summed E-state index contributed by atoms with van der Waals surface area (Å²) in [6, 6.07) is 16.2. The molecule has 0 bridgehead atoms. The van der Waals surface area contributed by atoms with Gasteiger partial charge in [0.2, 0.25) is 0 Å². The van der Waals surface area contributed by atoms with Gasteiger partial charge in [0.15, 0.2) is 5.16 Å². The molecule has 1 nitrogen and oxygen atoms in total. The Labute approximate surface area is 109 Å². The van der Waals surface area contributed by atoms with Crippen molar-refractivity contribution in [2.24, 2.45) is 0 Å². The zero-order chi connectivity index (χ0) is 12.1. The number of thioether (sulfide) groups is 1. The maximum Gasteiger partial charge on any atom is 0.182 e. The Morgan fingerprint density at radius 1 is 0.889 bits per heavy atom. The standard InChI is InChI=1S/C15H10FNS/c16-15-14-12-7-2-1-5-10(12)11-6-3-4-8-13(11)17(14)9-18-15/h1-8H,9H2. The molecule has 4 rings (SSSR count). The van der Waals surface area contributed by atoms with Crippen LogP contribution in [0.2, 0.25) is 0 Å². The largest absolute Gasteiger partial charge is 0.327 e. The highest BCUT2D eigenvalue weighted by Gasteiger charge is 2.33. The summed E-state index contributed by atoms with van der Waals surface area (Å²) in [5, 5.41) is -0.0723. The van der Waals surface area contributed by atoms with Crippen LogP contribution in [0.1, 0.15) is 5.56 Å². The minimum absolute atomic E-state index is 0.0723. The Morgan fingerprint density at radius 3 is 2.39 bits per heavy atom. The third kappa shape index (κ3) is 1.22. The number of nitrogens with zero attached hydrogens (tertiary/aromatic N) is 1. The van der Waals surface area contributed by atoms with Crippen LogP contribution in [0.4, 0.5) is 10.1 Å². The average molecular weight is 255 g/mol. The van der Waals surface area contributed by atoms with Gasteiger partial charge < -0.3 is 4.90 Å². The van der Waals surface area contributed by atoms with Gasteiger partial charge in [0.25, 0.3) is 0 Å². The molecule has 0 atom stereocenters. The summed E-state index contributed by atoms with van der Waals surface area (Å²) in [5.74, 6) is 0.659. The molecule has 0 aliphatic carbocycles. The molecule has 2 heterocycles. The maximum atomic E-state index is 14.0. The molecule has 0 spiro atoms. The number of para-hydroxylation sites is 1. The van der Waals surface area contributed by atoms with Crippen LogP contribution in [0.5, 0.6) is 0 Å². The predicted molar refractivity (Wildman–Crippen MR) is 74.8 cm³/mol. The molecular formula is C15H10FNS. The first-order valence-electron chi connectivity index (χ1n) is 5.85. The molecule has 0 saturated heterocycles. The van der Waals surface area contributed by atoms with Crippen LogP contribution in [0.25, 0.3) is 16.8 Å². The smallest absolute Gasteiger partial charge is 0.182 e. The van der Waals surface area contributed by atoms with Gasteiger partial charge in [-0.05, 0) is 11.6 Å². The van der Waals surface area contributed by atoms with Crippen LogP contribution >= 0.6 is 11.8 Å². The molecule has 0 fully saturated rings. The van der Waals surface area contributed by atoms with E-state index in [0.29, 0.717) is 5.88 Å². The fourth-order valence-corrected chi connectivity index (χ4v) is 3.53. The van der Waals surface area contributed by atoms with Crippen molar-refractivity contribution >= 4 is 23.1 Å². The van der Waals surface area contributed by atoms with E-state index in [2.05, 4.69) is 23.1 Å². The van der Waals surface area contributed by atoms with E-state index in [1.807, 2.05) is 30.3 Å². The van der Waals surface area contributed by atoms with Crippen molar-refractivity contribution in [1.82, 2.24) is 0 Å². The number of rotatable bonds is 0. The van der Waals surface area contributed by atoms with Gasteiger partial charge in [0.05, 0.1) is 11.6 Å². The first-order chi connectivity index (χ1) is 8.86. The molecule has 0 radical (unpaired) electrons. The minimum atomic E-state index is -0.0723. The van der Waals surface area contributed by atoms with Gasteiger partial charge >= 0.3 is 0 Å². The van der Waals surface area contributed by atoms with E-state index in [-0.39, 0.29) is 5.16 Å². The van der Waals surface area contributed by atoms with E-state index in [1.165, 1.54) is 17.3 Å². The third-order valence-electron chi connectivity index (χ3n) is 3.44.